The number of thiocarbonyl (C=S) groups is 1. The standard InChI is InChI=1S/C16H25N3O4S/c1-12(11-21-2)17-16(24)19-18-15(20)5-4-10-23-14-8-6-13(22-3)7-9-14/h6-9,12H,4-5,10-11H2,1-3H3,(H,18,20)(H2,17,19,24)/t12-/m0/s1. The van der Waals surface area contributed by atoms with Crippen LogP contribution < -0.4 is 25.6 Å². The van der Waals surface area contributed by atoms with Gasteiger partial charge in [-0.05, 0) is 49.8 Å². The van der Waals surface area contributed by atoms with Gasteiger partial charge in [-0.2, -0.15) is 0 Å². The Morgan fingerprint density at radius 1 is 1.17 bits per heavy atom. The molecule has 0 aliphatic carbocycles. The maximum Gasteiger partial charge on any atom is 0.238 e. The maximum atomic E-state index is 11.7. The van der Waals surface area contributed by atoms with E-state index >= 15 is 0 Å². The van der Waals surface area contributed by atoms with Crippen molar-refractivity contribution in [1.82, 2.24) is 16.2 Å². The Morgan fingerprint density at radius 3 is 2.46 bits per heavy atom. The maximum absolute atomic E-state index is 11.7. The fourth-order valence-electron chi connectivity index (χ4n) is 1.84. The zero-order valence-electron chi connectivity index (χ0n) is 14.3. The van der Waals surface area contributed by atoms with Crippen molar-refractivity contribution in [2.24, 2.45) is 0 Å². The van der Waals surface area contributed by atoms with E-state index in [1.165, 1.54) is 0 Å². The van der Waals surface area contributed by atoms with Gasteiger partial charge in [0.1, 0.15) is 11.5 Å². The zero-order chi connectivity index (χ0) is 17.8. The molecule has 0 saturated heterocycles. The van der Waals surface area contributed by atoms with Crippen LogP contribution in [-0.4, -0.2) is 44.5 Å². The van der Waals surface area contributed by atoms with E-state index in [9.17, 15) is 4.79 Å². The molecule has 0 aromatic heterocycles. The third kappa shape index (κ3) is 8.54. The van der Waals surface area contributed by atoms with Crippen molar-refractivity contribution in [2.45, 2.75) is 25.8 Å². The molecule has 1 aromatic rings. The highest BCUT2D eigenvalue weighted by Crippen LogP contribution is 2.17. The molecule has 0 unspecified atom stereocenters. The largest absolute Gasteiger partial charge is 0.497 e. The van der Waals surface area contributed by atoms with E-state index in [1.54, 1.807) is 14.2 Å². The van der Waals surface area contributed by atoms with E-state index in [4.69, 9.17) is 26.4 Å². The number of amides is 1. The second kappa shape index (κ2) is 11.5. The first-order chi connectivity index (χ1) is 11.5. The molecular formula is C16H25N3O4S. The molecule has 0 radical (unpaired) electrons. The van der Waals surface area contributed by atoms with Crippen LogP contribution in [0.3, 0.4) is 0 Å². The molecule has 1 aromatic carbocycles. The summed E-state index contributed by atoms with van der Waals surface area (Å²) in [6.07, 6.45) is 0.930. The number of hydrazine groups is 1. The quantitative estimate of drug-likeness (QED) is 0.351. The summed E-state index contributed by atoms with van der Waals surface area (Å²) in [4.78, 5) is 11.7. The number of hydrogen-bond donors (Lipinski definition) is 3. The van der Waals surface area contributed by atoms with Gasteiger partial charge in [-0.25, -0.2) is 0 Å². The van der Waals surface area contributed by atoms with Gasteiger partial charge in [-0.1, -0.05) is 0 Å². The van der Waals surface area contributed by atoms with Crippen molar-refractivity contribution in [2.75, 3.05) is 27.4 Å². The van der Waals surface area contributed by atoms with E-state index in [-0.39, 0.29) is 11.9 Å². The van der Waals surface area contributed by atoms with E-state index in [0.717, 1.165) is 11.5 Å². The minimum Gasteiger partial charge on any atom is -0.497 e. The number of hydrogen-bond acceptors (Lipinski definition) is 5. The Kier molecular flexibility index (Phi) is 9.55. The lowest BCUT2D eigenvalue weighted by atomic mass is 10.3. The van der Waals surface area contributed by atoms with E-state index in [0.29, 0.717) is 31.2 Å². The molecule has 1 atom stereocenters. The van der Waals surface area contributed by atoms with Gasteiger partial charge in [0.05, 0.1) is 20.3 Å². The van der Waals surface area contributed by atoms with Gasteiger partial charge in [-0.3, -0.25) is 15.6 Å². The monoisotopic (exact) mass is 355 g/mol. The molecule has 3 N–H and O–H groups in total. The molecule has 0 saturated carbocycles. The fourth-order valence-corrected chi connectivity index (χ4v) is 2.09. The highest BCUT2D eigenvalue weighted by molar-refractivity contribution is 7.80. The Morgan fingerprint density at radius 2 is 1.83 bits per heavy atom. The minimum absolute atomic E-state index is 0.0600. The lowest BCUT2D eigenvalue weighted by Gasteiger charge is -2.16. The van der Waals surface area contributed by atoms with E-state index in [1.807, 2.05) is 31.2 Å². The average molecular weight is 355 g/mol. The fraction of sp³-hybridized carbons (Fsp3) is 0.500. The van der Waals surface area contributed by atoms with Gasteiger partial charge < -0.3 is 19.5 Å². The first-order valence-electron chi connectivity index (χ1n) is 7.66. The van der Waals surface area contributed by atoms with Gasteiger partial charge in [0.15, 0.2) is 5.11 Å². The van der Waals surface area contributed by atoms with Crippen LogP contribution in [0.5, 0.6) is 11.5 Å². The Labute approximate surface area is 148 Å². The van der Waals surface area contributed by atoms with Crippen LogP contribution in [0, 0.1) is 0 Å². The third-order valence-electron chi connectivity index (χ3n) is 2.99. The predicted molar refractivity (Wildman–Crippen MR) is 96.1 cm³/mol. The molecule has 0 heterocycles. The summed E-state index contributed by atoms with van der Waals surface area (Å²) in [5.41, 5.74) is 5.19. The molecule has 7 nitrogen and oxygen atoms in total. The van der Waals surface area contributed by atoms with Crippen molar-refractivity contribution in [3.63, 3.8) is 0 Å². The topological polar surface area (TPSA) is 80.9 Å². The summed E-state index contributed by atoms with van der Waals surface area (Å²) in [6, 6.07) is 7.36. The molecular weight excluding hydrogens is 330 g/mol. The van der Waals surface area contributed by atoms with Crippen LogP contribution in [0.25, 0.3) is 0 Å². The molecule has 24 heavy (non-hydrogen) atoms. The lowest BCUT2D eigenvalue weighted by Crippen LogP contribution is -2.49. The highest BCUT2D eigenvalue weighted by Gasteiger charge is 2.05. The molecule has 8 heteroatoms. The summed E-state index contributed by atoms with van der Waals surface area (Å²) < 4.78 is 15.6. The van der Waals surface area contributed by atoms with Gasteiger partial charge in [0.25, 0.3) is 0 Å². The van der Waals surface area contributed by atoms with Crippen molar-refractivity contribution >= 4 is 23.2 Å². The number of benzene rings is 1. The van der Waals surface area contributed by atoms with Gasteiger partial charge in [-0.15, -0.1) is 0 Å². The lowest BCUT2D eigenvalue weighted by molar-refractivity contribution is -0.121. The number of carbonyl (C=O) groups is 1. The summed E-state index contributed by atoms with van der Waals surface area (Å²) in [7, 11) is 3.23. The van der Waals surface area contributed by atoms with Crippen LogP contribution in [0.1, 0.15) is 19.8 Å². The number of methoxy groups -OCH3 is 2. The molecule has 134 valence electrons. The number of rotatable bonds is 9. The molecule has 0 fully saturated rings. The van der Waals surface area contributed by atoms with Crippen LogP contribution in [0.15, 0.2) is 24.3 Å². The second-order valence-corrected chi connectivity index (χ2v) is 5.54. The molecule has 0 spiro atoms. The Bertz CT molecular complexity index is 511. The summed E-state index contributed by atoms with van der Waals surface area (Å²) in [5.74, 6) is 1.36. The van der Waals surface area contributed by atoms with Crippen molar-refractivity contribution < 1.29 is 19.0 Å². The van der Waals surface area contributed by atoms with E-state index in [2.05, 4.69) is 16.2 Å². The van der Waals surface area contributed by atoms with Crippen molar-refractivity contribution in [3.8, 4) is 11.5 Å². The first kappa shape index (κ1) is 20.0. The highest BCUT2D eigenvalue weighted by atomic mass is 32.1. The first-order valence-corrected chi connectivity index (χ1v) is 8.07. The molecule has 1 amide bonds. The van der Waals surface area contributed by atoms with Crippen molar-refractivity contribution in [3.05, 3.63) is 24.3 Å². The zero-order valence-corrected chi connectivity index (χ0v) is 15.1. The third-order valence-corrected chi connectivity index (χ3v) is 3.21. The Balaban J connectivity index is 2.12. The van der Waals surface area contributed by atoms with Gasteiger partial charge in [0.2, 0.25) is 5.91 Å². The predicted octanol–water partition coefficient (Wildman–Crippen LogP) is 1.38. The molecule has 1 rings (SSSR count). The molecule has 0 aliphatic rings. The van der Waals surface area contributed by atoms with Crippen LogP contribution in [0.2, 0.25) is 0 Å². The molecule has 0 bridgehead atoms. The summed E-state index contributed by atoms with van der Waals surface area (Å²) in [5, 5.41) is 3.33. The second-order valence-electron chi connectivity index (χ2n) is 5.13. The average Bonchev–Trinajstić information content (AvgIpc) is 2.57. The number of ether oxygens (including phenoxy) is 3. The van der Waals surface area contributed by atoms with Crippen LogP contribution >= 0.6 is 12.2 Å². The minimum atomic E-state index is -0.156. The van der Waals surface area contributed by atoms with Crippen molar-refractivity contribution in [1.29, 1.82) is 0 Å². The number of nitrogens with one attached hydrogen (secondary N) is 3. The van der Waals surface area contributed by atoms with Gasteiger partial charge >= 0.3 is 0 Å². The SMILES string of the molecule is COC[C@H](C)NC(=S)NNC(=O)CCCOc1ccc(OC)cc1. The normalized spacial score (nSPS) is 11.3. The smallest absolute Gasteiger partial charge is 0.238 e. The summed E-state index contributed by atoms with van der Waals surface area (Å²) in [6.45, 7) is 2.90. The Hall–Kier alpha value is -2.06. The van der Waals surface area contributed by atoms with Gasteiger partial charge in [0, 0.05) is 19.6 Å². The van der Waals surface area contributed by atoms with Crippen LogP contribution in [0.4, 0.5) is 0 Å². The van der Waals surface area contributed by atoms with Crippen LogP contribution in [-0.2, 0) is 9.53 Å². The van der Waals surface area contributed by atoms with E-state index < -0.39 is 0 Å². The summed E-state index contributed by atoms with van der Waals surface area (Å²) >= 11 is 5.06. The molecule has 0 aliphatic heterocycles. The number of carbonyl (C=O) groups excluding carboxylic acids is 1.